The van der Waals surface area contributed by atoms with Crippen molar-refractivity contribution >= 4 is 73.4 Å². The second kappa shape index (κ2) is 19.7. The molecule has 1 amide bonds. The van der Waals surface area contributed by atoms with E-state index in [2.05, 4.69) is 47.1 Å². The predicted molar refractivity (Wildman–Crippen MR) is 155 cm³/mol. The van der Waals surface area contributed by atoms with E-state index in [4.69, 9.17) is 9.72 Å². The maximum Gasteiger partial charge on any atom is 0.209 e. The molecule has 6 nitrogen and oxygen atoms in total. The summed E-state index contributed by atoms with van der Waals surface area (Å²) in [7, 11) is 0. The third-order valence-electron chi connectivity index (χ3n) is 5.98. The average molecular weight is 695 g/mol. The smallest absolute Gasteiger partial charge is 0.209 e. The average Bonchev–Trinajstić information content (AvgIpc) is 3.53. The monoisotopic (exact) mass is 695 g/mol. The molecular formula is C25H42BrN3O3S2Sn. The number of hydrogen-bond acceptors (Lipinski definition) is 7. The van der Waals surface area contributed by atoms with Crippen molar-refractivity contribution in [1.29, 1.82) is 0 Å². The molecule has 1 fully saturated rings. The van der Waals surface area contributed by atoms with Crippen molar-refractivity contribution < 1.29 is 14.3 Å². The minimum Gasteiger partial charge on any atom is -0.378 e. The Morgan fingerprint density at radius 1 is 0.971 bits per heavy atom. The Hall–Kier alpha value is -0.361. The second-order valence-electron chi connectivity index (χ2n) is 8.72. The third kappa shape index (κ3) is 13.1. The standard InChI is InChI=1S/C5H9NO2.C4H4BrNS.C4H2NOS.3C4H9.Sn/c7-5-6-1-3-8-4-2-6;1-3-6-4(5)2-7-3;6-3-4-5-1-2-7-4;3*1-3-4-2;/h5H,1-4H2;2H,1H3;2-3H;3*1,3-4H2,2H3;. The molecule has 0 radical (unpaired) electrons. The van der Waals surface area contributed by atoms with E-state index >= 15 is 0 Å². The second-order valence-corrected chi connectivity index (χ2v) is 24.5. The minimum absolute atomic E-state index is 0.686. The fourth-order valence-corrected chi connectivity index (χ4v) is 22.8. The van der Waals surface area contributed by atoms with Gasteiger partial charge in [-0.15, -0.1) is 11.3 Å². The molecule has 0 aliphatic carbocycles. The number of aromatic nitrogens is 2. The van der Waals surface area contributed by atoms with Crippen LogP contribution in [0, 0.1) is 6.92 Å². The first-order valence-electron chi connectivity index (χ1n) is 12.7. The number of aldehydes is 1. The van der Waals surface area contributed by atoms with Gasteiger partial charge in [-0.05, 0) is 22.9 Å². The van der Waals surface area contributed by atoms with E-state index in [1.54, 1.807) is 27.6 Å². The molecule has 0 unspecified atom stereocenters. The summed E-state index contributed by atoms with van der Waals surface area (Å²) < 4.78 is 11.6. The zero-order valence-corrected chi connectivity index (χ0v) is 27.8. The van der Waals surface area contributed by atoms with Crippen LogP contribution in [0.5, 0.6) is 0 Å². The molecule has 0 atom stereocenters. The fourth-order valence-electron chi connectivity index (χ4n) is 3.91. The molecule has 2 aromatic heterocycles. The Kier molecular flexibility index (Phi) is 18.4. The van der Waals surface area contributed by atoms with Gasteiger partial charge in [-0.3, -0.25) is 4.79 Å². The van der Waals surface area contributed by atoms with E-state index in [0.717, 1.165) is 35.4 Å². The van der Waals surface area contributed by atoms with Crippen LogP contribution in [-0.4, -0.2) is 72.2 Å². The van der Waals surface area contributed by atoms with Crippen LogP contribution in [-0.2, 0) is 9.53 Å². The first-order valence-corrected chi connectivity index (χ1v) is 22.7. The van der Waals surface area contributed by atoms with Crippen molar-refractivity contribution in [3.8, 4) is 0 Å². The van der Waals surface area contributed by atoms with Gasteiger partial charge in [0.05, 0.1) is 18.2 Å². The number of unbranched alkanes of at least 4 members (excludes halogenated alkanes) is 3. The summed E-state index contributed by atoms with van der Waals surface area (Å²) in [5.74, 6) is 0. The molecule has 1 aliphatic heterocycles. The number of carbonyl (C=O) groups excluding carboxylic acids is 2. The number of ether oxygens (including phenoxy) is 1. The van der Waals surface area contributed by atoms with E-state index in [9.17, 15) is 9.59 Å². The summed E-state index contributed by atoms with van der Waals surface area (Å²) in [4.78, 5) is 31.5. The van der Waals surface area contributed by atoms with Crippen LogP contribution < -0.4 is 3.71 Å². The van der Waals surface area contributed by atoms with Crippen LogP contribution in [0.15, 0.2) is 15.4 Å². The van der Waals surface area contributed by atoms with E-state index in [-0.39, 0.29) is 0 Å². The van der Waals surface area contributed by atoms with Gasteiger partial charge in [0.25, 0.3) is 0 Å². The van der Waals surface area contributed by atoms with Gasteiger partial charge in [0.2, 0.25) is 6.41 Å². The van der Waals surface area contributed by atoms with E-state index in [1.165, 1.54) is 55.5 Å². The summed E-state index contributed by atoms with van der Waals surface area (Å²) in [6.07, 6.45) is 9.66. The number of morpholine rings is 1. The van der Waals surface area contributed by atoms with Gasteiger partial charge in [-0.25, -0.2) is 4.98 Å². The maximum absolute atomic E-state index is 11.0. The fraction of sp³-hybridized carbons (Fsp3) is 0.680. The van der Waals surface area contributed by atoms with Crippen molar-refractivity contribution in [1.82, 2.24) is 14.9 Å². The molecule has 3 heterocycles. The van der Waals surface area contributed by atoms with Crippen molar-refractivity contribution in [3.63, 3.8) is 0 Å². The van der Waals surface area contributed by atoms with Crippen LogP contribution in [0.2, 0.25) is 13.3 Å². The number of nitrogens with zero attached hydrogens (tertiary/aromatic N) is 3. The summed E-state index contributed by atoms with van der Waals surface area (Å²) in [6.45, 7) is 11.7. The van der Waals surface area contributed by atoms with Crippen LogP contribution in [0.4, 0.5) is 0 Å². The van der Waals surface area contributed by atoms with E-state index < -0.39 is 18.4 Å². The van der Waals surface area contributed by atoms with Crippen LogP contribution in [0.1, 0.15) is 74.1 Å². The largest absolute Gasteiger partial charge is 0.378 e. The molecule has 0 N–H and O–H groups in total. The Balaban J connectivity index is 0.000000329. The third-order valence-corrected chi connectivity index (χ3v) is 23.9. The van der Waals surface area contributed by atoms with Crippen molar-refractivity contribution in [2.24, 2.45) is 0 Å². The van der Waals surface area contributed by atoms with Gasteiger partial charge in [-0.1, -0.05) is 0 Å². The van der Waals surface area contributed by atoms with Crippen molar-refractivity contribution in [2.75, 3.05) is 26.3 Å². The maximum atomic E-state index is 11.0. The summed E-state index contributed by atoms with van der Waals surface area (Å²) in [6, 6.07) is 0. The number of thiazole rings is 2. The molecule has 0 bridgehead atoms. The normalized spacial score (nSPS) is 13.3. The topological polar surface area (TPSA) is 72.4 Å². The molecule has 1 aliphatic rings. The van der Waals surface area contributed by atoms with Gasteiger partial charge < -0.3 is 9.64 Å². The van der Waals surface area contributed by atoms with Gasteiger partial charge in [0.1, 0.15) is 4.60 Å². The molecule has 0 saturated carbocycles. The van der Waals surface area contributed by atoms with Crippen molar-refractivity contribution in [3.05, 3.63) is 25.4 Å². The summed E-state index contributed by atoms with van der Waals surface area (Å²) in [5.41, 5.74) is 0. The molecule has 198 valence electrons. The number of halogens is 1. The van der Waals surface area contributed by atoms with Crippen LogP contribution in [0.3, 0.4) is 0 Å². The molecule has 3 rings (SSSR count). The van der Waals surface area contributed by atoms with Gasteiger partial charge in [0, 0.05) is 18.5 Å². The van der Waals surface area contributed by atoms with Crippen molar-refractivity contribution in [2.45, 2.75) is 79.5 Å². The van der Waals surface area contributed by atoms with Crippen LogP contribution >= 0.6 is 38.6 Å². The molecule has 0 spiro atoms. The minimum atomic E-state index is -2.36. The summed E-state index contributed by atoms with van der Waals surface area (Å²) in [5, 5.41) is 5.98. The first-order chi connectivity index (χ1) is 16.9. The molecule has 10 heteroatoms. The number of aryl methyl sites for hydroxylation is 1. The molecular weight excluding hydrogens is 653 g/mol. The Morgan fingerprint density at radius 2 is 1.54 bits per heavy atom. The zero-order chi connectivity index (χ0) is 25.9. The Bertz CT molecular complexity index is 790. The van der Waals surface area contributed by atoms with Gasteiger partial charge >= 0.3 is 132 Å². The van der Waals surface area contributed by atoms with Gasteiger partial charge in [0.15, 0.2) is 0 Å². The predicted octanol–water partition coefficient (Wildman–Crippen LogP) is 6.70. The van der Waals surface area contributed by atoms with E-state index in [0.29, 0.717) is 18.2 Å². The molecule has 1 saturated heterocycles. The summed E-state index contributed by atoms with van der Waals surface area (Å²) >= 11 is 4.07. The number of amides is 1. The zero-order valence-electron chi connectivity index (χ0n) is 21.8. The molecule has 2 aromatic rings. The number of hydrogen-bond donors (Lipinski definition) is 0. The van der Waals surface area contributed by atoms with Gasteiger partial charge in [-0.2, -0.15) is 0 Å². The Labute approximate surface area is 232 Å². The quantitative estimate of drug-likeness (QED) is 0.183. The van der Waals surface area contributed by atoms with Crippen LogP contribution in [0.25, 0.3) is 0 Å². The number of carbonyl (C=O) groups is 2. The number of rotatable bonds is 12. The first kappa shape index (κ1) is 32.7. The van der Waals surface area contributed by atoms with E-state index in [1.807, 2.05) is 12.3 Å². The Morgan fingerprint density at radius 3 is 1.86 bits per heavy atom. The molecule has 35 heavy (non-hydrogen) atoms. The molecule has 0 aromatic carbocycles. The SMILES string of the molecule is CCC[CH2][Sn]([CH2]CCC)([CH2]CCC)[c]1csc(C=O)n1.Cc1nc(Br)cs1.O=CN1CCOCC1.